The monoisotopic (exact) mass is 378 g/mol. The average molecular weight is 378 g/mol. The van der Waals surface area contributed by atoms with Gasteiger partial charge in [-0.15, -0.1) is 0 Å². The van der Waals surface area contributed by atoms with E-state index in [9.17, 15) is 9.59 Å². The second kappa shape index (κ2) is 15.1. The zero-order valence-corrected chi connectivity index (χ0v) is 19.6. The molecule has 2 radical (unpaired) electrons. The summed E-state index contributed by atoms with van der Waals surface area (Å²) in [6.45, 7) is 2.36. The smallest absolute Gasteiger partial charge is 0.338 e. The van der Waals surface area contributed by atoms with Gasteiger partial charge in [0.1, 0.15) is 11.5 Å². The summed E-state index contributed by atoms with van der Waals surface area (Å²) in [5, 5.41) is 17.8. The van der Waals surface area contributed by atoms with Crippen molar-refractivity contribution in [3.8, 4) is 11.5 Å². The molecular formula is C18H20Na2O6. The molecule has 2 aromatic carbocycles. The number of aromatic hydroxyl groups is 2. The Morgan fingerprint density at radius 2 is 1.19 bits per heavy atom. The van der Waals surface area contributed by atoms with E-state index in [1.165, 1.54) is 55.6 Å². The Balaban J connectivity index is 0. The molecule has 2 N–H and O–H groups in total. The molecule has 0 aliphatic carbocycles. The predicted octanol–water partition coefficient (Wildman–Crippen LogP) is 2.38. The van der Waals surface area contributed by atoms with Crippen molar-refractivity contribution in [1.29, 1.82) is 0 Å². The Bertz CT molecular complexity index is 656. The first-order chi connectivity index (χ1) is 11.5. The van der Waals surface area contributed by atoms with Gasteiger partial charge in [-0.25, -0.2) is 9.59 Å². The van der Waals surface area contributed by atoms with E-state index in [4.69, 9.17) is 14.9 Å². The maximum Gasteiger partial charge on any atom is 0.338 e. The van der Waals surface area contributed by atoms with Gasteiger partial charge < -0.3 is 19.7 Å². The van der Waals surface area contributed by atoms with E-state index in [1.807, 2.05) is 6.92 Å². The Kier molecular flexibility index (Phi) is 15.8. The van der Waals surface area contributed by atoms with Gasteiger partial charge in [0.05, 0.1) is 24.8 Å². The first-order valence-corrected chi connectivity index (χ1v) is 7.31. The van der Waals surface area contributed by atoms with Gasteiger partial charge in [0.15, 0.2) is 0 Å². The molecule has 0 fully saturated rings. The third-order valence-corrected chi connectivity index (χ3v) is 2.83. The van der Waals surface area contributed by atoms with Gasteiger partial charge in [0, 0.05) is 59.1 Å². The van der Waals surface area contributed by atoms with Crippen LogP contribution in [0.25, 0.3) is 0 Å². The quantitative estimate of drug-likeness (QED) is 0.627. The molecule has 0 amide bonds. The van der Waals surface area contributed by atoms with Gasteiger partial charge in [-0.05, 0) is 55.0 Å². The van der Waals surface area contributed by atoms with Crippen molar-refractivity contribution in [1.82, 2.24) is 0 Å². The van der Waals surface area contributed by atoms with Crippen molar-refractivity contribution < 1.29 is 29.3 Å². The largest absolute Gasteiger partial charge is 0.508 e. The van der Waals surface area contributed by atoms with Crippen molar-refractivity contribution >= 4 is 71.1 Å². The van der Waals surface area contributed by atoms with Crippen molar-refractivity contribution in [3.05, 3.63) is 59.7 Å². The van der Waals surface area contributed by atoms with Crippen molar-refractivity contribution in [3.63, 3.8) is 0 Å². The molecule has 0 aliphatic heterocycles. The van der Waals surface area contributed by atoms with Crippen LogP contribution < -0.4 is 0 Å². The fourth-order valence-electron chi connectivity index (χ4n) is 1.59. The Morgan fingerprint density at radius 3 is 1.54 bits per heavy atom. The maximum absolute atomic E-state index is 11.2. The summed E-state index contributed by atoms with van der Waals surface area (Å²) in [5.41, 5.74) is 0.900. The van der Waals surface area contributed by atoms with Gasteiger partial charge in [0.25, 0.3) is 0 Å². The first-order valence-electron chi connectivity index (χ1n) is 7.31. The third-order valence-electron chi connectivity index (χ3n) is 2.83. The van der Waals surface area contributed by atoms with Crippen LogP contribution in [0, 0.1) is 0 Å². The summed E-state index contributed by atoms with van der Waals surface area (Å²) >= 11 is 0. The van der Waals surface area contributed by atoms with Gasteiger partial charge in [0.2, 0.25) is 0 Å². The topological polar surface area (TPSA) is 93.1 Å². The van der Waals surface area contributed by atoms with Crippen LogP contribution in [0.15, 0.2) is 48.5 Å². The van der Waals surface area contributed by atoms with Gasteiger partial charge in [-0.1, -0.05) is 6.92 Å². The molecule has 2 aromatic rings. The number of ether oxygens (including phenoxy) is 2. The number of phenolic OH excluding ortho intramolecular Hbond substituents is 2. The summed E-state index contributed by atoms with van der Waals surface area (Å²) in [7, 11) is 1.31. The summed E-state index contributed by atoms with van der Waals surface area (Å²) in [4.78, 5) is 22.0. The molecule has 0 saturated heterocycles. The Morgan fingerprint density at radius 1 is 0.808 bits per heavy atom. The van der Waals surface area contributed by atoms with E-state index in [0.717, 1.165) is 6.42 Å². The van der Waals surface area contributed by atoms with Crippen LogP contribution in [0.2, 0.25) is 0 Å². The first kappa shape index (κ1) is 27.2. The second-order valence-corrected chi connectivity index (χ2v) is 4.72. The fourth-order valence-corrected chi connectivity index (χ4v) is 1.59. The standard InChI is InChI=1S/C10H12O3.C8H8O3.2Na/c1-2-7-13-10(12)8-3-5-9(11)6-4-8;1-11-8(10)6-2-4-7(9)5-3-6;;/h3-6,11H,2,7H2,1H3;2-5,9H,1H3;;. The third kappa shape index (κ3) is 10.2. The molecule has 0 saturated carbocycles. The molecule has 0 heterocycles. The van der Waals surface area contributed by atoms with Crippen molar-refractivity contribution in [2.45, 2.75) is 13.3 Å². The molecule has 0 bridgehead atoms. The van der Waals surface area contributed by atoms with E-state index >= 15 is 0 Å². The summed E-state index contributed by atoms with van der Waals surface area (Å²) in [5.74, 6) is -0.462. The van der Waals surface area contributed by atoms with Gasteiger partial charge in [-0.3, -0.25) is 0 Å². The normalized spacial score (nSPS) is 8.69. The van der Waals surface area contributed by atoms with Crippen LogP contribution >= 0.6 is 0 Å². The molecule has 0 atom stereocenters. The second-order valence-electron chi connectivity index (χ2n) is 4.72. The van der Waals surface area contributed by atoms with Crippen LogP contribution in [0.5, 0.6) is 11.5 Å². The molecule has 0 spiro atoms. The van der Waals surface area contributed by atoms with E-state index in [1.54, 1.807) is 0 Å². The fraction of sp³-hybridized carbons (Fsp3) is 0.222. The average Bonchev–Trinajstić information content (AvgIpc) is 2.61. The molecule has 0 unspecified atom stereocenters. The molecule has 8 heteroatoms. The number of benzene rings is 2. The van der Waals surface area contributed by atoms with E-state index in [-0.39, 0.29) is 76.6 Å². The number of phenols is 2. The summed E-state index contributed by atoms with van der Waals surface area (Å²) < 4.78 is 9.35. The number of carbonyl (C=O) groups excluding carboxylic acids is 2. The van der Waals surface area contributed by atoms with Crippen LogP contribution in [0.1, 0.15) is 34.1 Å². The number of hydrogen-bond acceptors (Lipinski definition) is 6. The molecule has 6 nitrogen and oxygen atoms in total. The van der Waals surface area contributed by atoms with Crippen molar-refractivity contribution in [2.24, 2.45) is 0 Å². The van der Waals surface area contributed by atoms with Gasteiger partial charge in [-0.2, -0.15) is 0 Å². The Labute approximate surface area is 197 Å². The van der Waals surface area contributed by atoms with Gasteiger partial charge >= 0.3 is 11.9 Å². The number of rotatable bonds is 4. The Hall–Kier alpha value is -1.02. The molecule has 0 aromatic heterocycles. The molecular weight excluding hydrogens is 358 g/mol. The summed E-state index contributed by atoms with van der Waals surface area (Å²) in [6, 6.07) is 11.9. The zero-order chi connectivity index (χ0) is 17.9. The SMILES string of the molecule is CCCOC(=O)c1ccc(O)cc1.COC(=O)c1ccc(O)cc1.[Na].[Na]. The van der Waals surface area contributed by atoms with Crippen LogP contribution in [0.3, 0.4) is 0 Å². The maximum atomic E-state index is 11.2. The van der Waals surface area contributed by atoms with E-state index < -0.39 is 5.97 Å². The molecule has 2 rings (SSSR count). The van der Waals surface area contributed by atoms with Crippen LogP contribution in [-0.4, -0.2) is 95.0 Å². The number of methoxy groups -OCH3 is 1. The number of esters is 2. The minimum atomic E-state index is -0.398. The molecule has 26 heavy (non-hydrogen) atoms. The summed E-state index contributed by atoms with van der Waals surface area (Å²) in [6.07, 6.45) is 0.809. The van der Waals surface area contributed by atoms with Crippen LogP contribution in [0.4, 0.5) is 0 Å². The number of carbonyl (C=O) groups is 2. The molecule has 130 valence electrons. The van der Waals surface area contributed by atoms with Crippen molar-refractivity contribution in [2.75, 3.05) is 13.7 Å². The van der Waals surface area contributed by atoms with E-state index in [2.05, 4.69) is 4.74 Å². The minimum absolute atomic E-state index is 0. The van der Waals surface area contributed by atoms with Crippen LogP contribution in [-0.2, 0) is 9.47 Å². The zero-order valence-electron chi connectivity index (χ0n) is 15.6. The van der Waals surface area contributed by atoms with E-state index in [0.29, 0.717) is 17.7 Å². The molecule has 0 aliphatic rings. The predicted molar refractivity (Wildman–Crippen MR) is 99.6 cm³/mol. The minimum Gasteiger partial charge on any atom is -0.508 e. The number of hydrogen-bond donors (Lipinski definition) is 2.